The Balaban J connectivity index is 2.41. The molecule has 1 rings (SSSR count). The number of nitrogens with one attached hydrogen (secondary N) is 1. The largest absolute Gasteiger partial charge is 0.352 e. The third-order valence-corrected chi connectivity index (χ3v) is 1.84. The maximum atomic E-state index is 11.4. The summed E-state index contributed by atoms with van der Waals surface area (Å²) in [5, 5.41) is 2.75. The number of nitrogens with zero attached hydrogens (tertiary/aromatic N) is 1. The lowest BCUT2D eigenvalue weighted by atomic mass is 9.98. The van der Waals surface area contributed by atoms with Gasteiger partial charge >= 0.3 is 0 Å². The second-order valence-corrected chi connectivity index (χ2v) is 3.13. The normalized spacial score (nSPS) is 10.5. The van der Waals surface area contributed by atoms with Crippen molar-refractivity contribution < 1.29 is 4.79 Å². The summed E-state index contributed by atoms with van der Waals surface area (Å²) in [7, 11) is 5.48. The van der Waals surface area contributed by atoms with Gasteiger partial charge < -0.3 is 5.32 Å². The third-order valence-electron chi connectivity index (χ3n) is 1.84. The van der Waals surface area contributed by atoms with Crippen molar-refractivity contribution in [3.05, 3.63) is 36.2 Å². The van der Waals surface area contributed by atoms with Crippen molar-refractivity contribution in [2.45, 2.75) is 13.3 Å². The molecular weight excluding hydrogens is 187 g/mol. The average Bonchev–Trinajstić information content (AvgIpc) is 2.22. The fourth-order valence-electron chi connectivity index (χ4n) is 1.06. The standard InChI is InChI=1S/C11H13BN2O/c1-2-3-6-13-11(15)7-10-5-4-9(12)8-14-10/h2-5,8H,6-7H2,1H3,(H,13,15)/b3-2+. The van der Waals surface area contributed by atoms with Gasteiger partial charge in [0, 0.05) is 18.4 Å². The Labute approximate surface area is 91.0 Å². The van der Waals surface area contributed by atoms with Crippen molar-refractivity contribution in [2.24, 2.45) is 0 Å². The molecule has 0 atom stereocenters. The van der Waals surface area contributed by atoms with Crippen molar-refractivity contribution in [3.8, 4) is 0 Å². The van der Waals surface area contributed by atoms with Gasteiger partial charge in [-0.1, -0.05) is 23.7 Å². The summed E-state index contributed by atoms with van der Waals surface area (Å²) in [6.07, 6.45) is 5.61. The molecule has 3 nitrogen and oxygen atoms in total. The zero-order valence-corrected chi connectivity index (χ0v) is 8.73. The van der Waals surface area contributed by atoms with Crippen LogP contribution in [-0.4, -0.2) is 25.3 Å². The highest BCUT2D eigenvalue weighted by molar-refractivity contribution is 6.32. The summed E-state index contributed by atoms with van der Waals surface area (Å²) < 4.78 is 0. The number of pyridine rings is 1. The molecule has 76 valence electrons. The molecule has 0 aliphatic heterocycles. The Bertz CT molecular complexity index is 346. The van der Waals surface area contributed by atoms with Crippen LogP contribution in [0.4, 0.5) is 0 Å². The van der Waals surface area contributed by atoms with E-state index < -0.39 is 0 Å². The van der Waals surface area contributed by atoms with Crippen LogP contribution in [0.5, 0.6) is 0 Å². The van der Waals surface area contributed by atoms with Crippen LogP contribution in [0.3, 0.4) is 0 Å². The number of allylic oxidation sites excluding steroid dienone is 1. The van der Waals surface area contributed by atoms with E-state index in [4.69, 9.17) is 7.85 Å². The predicted octanol–water partition coefficient (Wildman–Crippen LogP) is 0.110. The summed E-state index contributed by atoms with van der Waals surface area (Å²) in [5.41, 5.74) is 1.33. The molecule has 1 heterocycles. The van der Waals surface area contributed by atoms with Gasteiger partial charge in [0.05, 0.1) is 6.42 Å². The second-order valence-electron chi connectivity index (χ2n) is 3.13. The van der Waals surface area contributed by atoms with Crippen molar-refractivity contribution in [1.29, 1.82) is 0 Å². The molecule has 0 aliphatic carbocycles. The number of rotatable bonds is 4. The minimum atomic E-state index is -0.0367. The van der Waals surface area contributed by atoms with Crippen molar-refractivity contribution >= 4 is 19.2 Å². The van der Waals surface area contributed by atoms with Gasteiger partial charge in [-0.3, -0.25) is 9.78 Å². The number of hydrogen-bond donors (Lipinski definition) is 1. The maximum Gasteiger partial charge on any atom is 0.226 e. The number of carbonyl (C=O) groups excluding carboxylic acids is 1. The van der Waals surface area contributed by atoms with Crippen LogP contribution in [0.25, 0.3) is 0 Å². The highest BCUT2D eigenvalue weighted by Crippen LogP contribution is 1.92. The zero-order chi connectivity index (χ0) is 11.1. The molecule has 0 unspecified atom stereocenters. The molecule has 0 bridgehead atoms. The summed E-state index contributed by atoms with van der Waals surface area (Å²) in [6, 6.07) is 3.49. The molecule has 1 aromatic rings. The van der Waals surface area contributed by atoms with Crippen LogP contribution in [0.1, 0.15) is 12.6 Å². The molecule has 1 N–H and O–H groups in total. The Morgan fingerprint density at radius 1 is 1.60 bits per heavy atom. The first kappa shape index (κ1) is 11.5. The smallest absolute Gasteiger partial charge is 0.226 e. The number of hydrogen-bond acceptors (Lipinski definition) is 2. The first-order valence-corrected chi connectivity index (χ1v) is 4.80. The third kappa shape index (κ3) is 4.45. The molecule has 0 fully saturated rings. The lowest BCUT2D eigenvalue weighted by Crippen LogP contribution is -2.25. The molecule has 0 saturated heterocycles. The average molecular weight is 200 g/mol. The number of carbonyl (C=O) groups is 1. The van der Waals surface area contributed by atoms with Gasteiger partial charge in [-0.05, 0) is 13.0 Å². The van der Waals surface area contributed by atoms with E-state index in [1.54, 1.807) is 18.3 Å². The highest BCUT2D eigenvalue weighted by atomic mass is 16.1. The molecule has 1 amide bonds. The van der Waals surface area contributed by atoms with Gasteiger partial charge in [0.2, 0.25) is 5.91 Å². The van der Waals surface area contributed by atoms with Crippen LogP contribution >= 0.6 is 0 Å². The number of amides is 1. The van der Waals surface area contributed by atoms with E-state index in [0.29, 0.717) is 12.0 Å². The summed E-state index contributed by atoms with van der Waals surface area (Å²) in [4.78, 5) is 15.4. The van der Waals surface area contributed by atoms with Crippen LogP contribution in [0, 0.1) is 0 Å². The Morgan fingerprint density at radius 3 is 3.00 bits per heavy atom. The summed E-state index contributed by atoms with van der Waals surface area (Å²) >= 11 is 0. The van der Waals surface area contributed by atoms with E-state index >= 15 is 0 Å². The molecule has 0 aliphatic rings. The van der Waals surface area contributed by atoms with Gasteiger partial charge in [0.1, 0.15) is 7.85 Å². The number of aromatic nitrogens is 1. The molecule has 0 aromatic carbocycles. The lowest BCUT2D eigenvalue weighted by molar-refractivity contribution is -0.120. The lowest BCUT2D eigenvalue weighted by Gasteiger charge is -2.02. The first-order valence-electron chi connectivity index (χ1n) is 4.80. The summed E-state index contributed by atoms with van der Waals surface area (Å²) in [6.45, 7) is 2.47. The molecule has 0 saturated carbocycles. The molecule has 2 radical (unpaired) electrons. The van der Waals surface area contributed by atoms with Crippen LogP contribution in [-0.2, 0) is 11.2 Å². The highest BCUT2D eigenvalue weighted by Gasteiger charge is 2.02. The van der Waals surface area contributed by atoms with E-state index in [0.717, 1.165) is 5.69 Å². The minimum Gasteiger partial charge on any atom is -0.352 e. The zero-order valence-electron chi connectivity index (χ0n) is 8.73. The van der Waals surface area contributed by atoms with Gasteiger partial charge in [0.25, 0.3) is 0 Å². The van der Waals surface area contributed by atoms with E-state index in [9.17, 15) is 4.79 Å². The predicted molar refractivity (Wildman–Crippen MR) is 61.2 cm³/mol. The van der Waals surface area contributed by atoms with Crippen LogP contribution in [0.2, 0.25) is 0 Å². The van der Waals surface area contributed by atoms with Gasteiger partial charge in [0.15, 0.2) is 0 Å². The fraction of sp³-hybridized carbons (Fsp3) is 0.273. The molecular formula is C11H13BN2O. The summed E-state index contributed by atoms with van der Waals surface area (Å²) in [5.74, 6) is -0.0367. The van der Waals surface area contributed by atoms with Gasteiger partial charge in [-0.15, -0.1) is 0 Å². The Morgan fingerprint density at radius 2 is 2.40 bits per heavy atom. The van der Waals surface area contributed by atoms with E-state index in [1.165, 1.54) is 0 Å². The Kier molecular flexibility index (Phi) is 4.61. The van der Waals surface area contributed by atoms with Crippen LogP contribution < -0.4 is 10.8 Å². The fourth-order valence-corrected chi connectivity index (χ4v) is 1.06. The minimum absolute atomic E-state index is 0.0367. The SMILES string of the molecule is [B]c1ccc(CC(=O)NC/C=C/C)nc1. The van der Waals surface area contributed by atoms with Crippen molar-refractivity contribution in [3.63, 3.8) is 0 Å². The molecule has 15 heavy (non-hydrogen) atoms. The Hall–Kier alpha value is -1.58. The second kappa shape index (κ2) is 6.01. The van der Waals surface area contributed by atoms with E-state index in [-0.39, 0.29) is 12.3 Å². The van der Waals surface area contributed by atoms with Crippen molar-refractivity contribution in [2.75, 3.05) is 6.54 Å². The van der Waals surface area contributed by atoms with Gasteiger partial charge in [-0.25, -0.2) is 0 Å². The molecule has 4 heteroatoms. The van der Waals surface area contributed by atoms with Gasteiger partial charge in [-0.2, -0.15) is 0 Å². The molecule has 1 aromatic heterocycles. The maximum absolute atomic E-state index is 11.4. The quantitative estimate of drug-likeness (QED) is 0.553. The van der Waals surface area contributed by atoms with Crippen LogP contribution in [0.15, 0.2) is 30.5 Å². The first-order chi connectivity index (χ1) is 7.22. The van der Waals surface area contributed by atoms with Crippen molar-refractivity contribution in [1.82, 2.24) is 10.3 Å². The topological polar surface area (TPSA) is 42.0 Å². The molecule has 0 spiro atoms. The monoisotopic (exact) mass is 200 g/mol. The van der Waals surface area contributed by atoms with E-state index in [2.05, 4.69) is 10.3 Å². The van der Waals surface area contributed by atoms with E-state index in [1.807, 2.05) is 19.1 Å².